The van der Waals surface area contributed by atoms with Gasteiger partial charge in [-0.1, -0.05) is 147 Å². The molecular formula is C43H76O12S. The van der Waals surface area contributed by atoms with Crippen molar-refractivity contribution >= 4 is 22.1 Å². The number of aliphatic hydroxyl groups is 3. The van der Waals surface area contributed by atoms with Crippen LogP contribution in [-0.4, -0.2) is 96.0 Å². The second-order valence-corrected chi connectivity index (χ2v) is 16.6. The lowest BCUT2D eigenvalue weighted by Crippen LogP contribution is -2.60. The Kier molecular flexibility index (Phi) is 31.3. The summed E-state index contributed by atoms with van der Waals surface area (Å²) in [7, 11) is -4.61. The van der Waals surface area contributed by atoms with Gasteiger partial charge in [0.15, 0.2) is 12.4 Å². The molecule has 0 radical (unpaired) electrons. The third-order valence-electron chi connectivity index (χ3n) is 9.80. The van der Waals surface area contributed by atoms with Gasteiger partial charge in [0.2, 0.25) is 0 Å². The number of allylic oxidation sites excluding steroid dienone is 5. The van der Waals surface area contributed by atoms with E-state index in [0.29, 0.717) is 6.42 Å². The molecule has 1 fully saturated rings. The molecule has 0 aromatic carbocycles. The monoisotopic (exact) mass is 817 g/mol. The van der Waals surface area contributed by atoms with Crippen LogP contribution in [0.25, 0.3) is 0 Å². The Bertz CT molecular complexity index is 1190. The molecule has 1 saturated heterocycles. The largest absolute Gasteiger partial charge is 0.458 e. The fourth-order valence-electron chi connectivity index (χ4n) is 6.41. The molecular weight excluding hydrogens is 741 g/mol. The van der Waals surface area contributed by atoms with Crippen LogP contribution in [0.1, 0.15) is 168 Å². The van der Waals surface area contributed by atoms with E-state index in [0.717, 1.165) is 38.5 Å². The fourth-order valence-corrected chi connectivity index (χ4v) is 7.10. The molecule has 0 aliphatic carbocycles. The van der Waals surface area contributed by atoms with E-state index < -0.39 is 71.2 Å². The van der Waals surface area contributed by atoms with E-state index in [1.807, 2.05) is 6.08 Å². The van der Waals surface area contributed by atoms with E-state index >= 15 is 0 Å². The van der Waals surface area contributed by atoms with Crippen LogP contribution < -0.4 is 0 Å². The molecule has 0 spiro atoms. The first kappa shape index (κ1) is 51.9. The standard InChI is InChI=1S/C43H76O12S/c1-3-5-7-9-11-13-15-17-18-20-21-23-25-27-29-31-38(44)52-33-36(34-53-43-42(48)41(47)40(46)37(55-43)35-56(49,50)51)54-39(45)32-30-28-26-24-22-19-16-14-12-10-8-6-4-2/h19,22,25,27,29,31,36-37,40-43,46-48H,3-18,20-21,23-24,26,28,30,32-35H2,1-2H3,(H,49,50,51)/b22-19+,27-25+,31-29+/t36-,37-,40-,41?,42?,43+/m1/s1. The predicted octanol–water partition coefficient (Wildman–Crippen LogP) is 8.22. The SMILES string of the molecule is CCCCCCCC/C=C/CCCCCC(=O)O[C@H](COC(=O)/C=C/C=C/CCCCCCCCCCCCC)CO[C@H]1O[C@H](CS(=O)(=O)O)[C@@H](O)C(O)C1O. The van der Waals surface area contributed by atoms with E-state index in [1.54, 1.807) is 12.2 Å². The summed E-state index contributed by atoms with van der Waals surface area (Å²) in [6.45, 7) is 3.62. The molecule has 0 aromatic heterocycles. The van der Waals surface area contributed by atoms with Gasteiger partial charge in [0, 0.05) is 12.5 Å². The van der Waals surface area contributed by atoms with Crippen molar-refractivity contribution in [1.29, 1.82) is 0 Å². The van der Waals surface area contributed by atoms with Crippen LogP contribution in [-0.2, 0) is 38.7 Å². The van der Waals surface area contributed by atoms with Crippen molar-refractivity contribution in [3.63, 3.8) is 0 Å². The van der Waals surface area contributed by atoms with E-state index in [-0.39, 0.29) is 13.0 Å². The van der Waals surface area contributed by atoms with Crippen LogP contribution in [0, 0.1) is 0 Å². The fraction of sp³-hybridized carbons (Fsp3) is 0.814. The average Bonchev–Trinajstić information content (AvgIpc) is 3.16. The number of ether oxygens (including phenoxy) is 4. The van der Waals surface area contributed by atoms with Gasteiger partial charge in [-0.2, -0.15) is 8.42 Å². The first-order valence-corrected chi connectivity index (χ1v) is 23.2. The summed E-state index contributed by atoms with van der Waals surface area (Å²) in [4.78, 5) is 25.2. The topological polar surface area (TPSA) is 186 Å². The minimum Gasteiger partial charge on any atom is -0.458 e. The van der Waals surface area contributed by atoms with Crippen LogP contribution >= 0.6 is 0 Å². The maximum absolute atomic E-state index is 12.7. The highest BCUT2D eigenvalue weighted by atomic mass is 32.2. The molecule has 0 bridgehead atoms. The first-order valence-electron chi connectivity index (χ1n) is 21.6. The maximum atomic E-state index is 12.7. The molecule has 4 N–H and O–H groups in total. The van der Waals surface area contributed by atoms with Gasteiger partial charge >= 0.3 is 11.9 Å². The number of carbonyl (C=O) groups excluding carboxylic acids is 2. The molecule has 13 heteroatoms. The number of unbranched alkanes of at least 4 members (excludes halogenated alkanes) is 20. The normalized spacial score (nSPS) is 21.0. The lowest BCUT2D eigenvalue weighted by atomic mass is 10.00. The molecule has 0 saturated carbocycles. The van der Waals surface area contributed by atoms with E-state index in [4.69, 9.17) is 18.9 Å². The van der Waals surface area contributed by atoms with Crippen LogP contribution in [0.5, 0.6) is 0 Å². The Morgan fingerprint density at radius 1 is 0.643 bits per heavy atom. The summed E-state index contributed by atoms with van der Waals surface area (Å²) < 4.78 is 53.7. The van der Waals surface area contributed by atoms with Crippen molar-refractivity contribution in [2.45, 2.75) is 205 Å². The smallest absolute Gasteiger partial charge is 0.330 e. The quantitative estimate of drug-likeness (QED) is 0.0120. The van der Waals surface area contributed by atoms with Crippen molar-refractivity contribution in [3.05, 3.63) is 36.5 Å². The minimum atomic E-state index is -4.61. The number of hydrogen-bond acceptors (Lipinski definition) is 11. The third kappa shape index (κ3) is 28.3. The maximum Gasteiger partial charge on any atom is 0.330 e. The molecule has 1 heterocycles. The van der Waals surface area contributed by atoms with Gasteiger partial charge in [0.1, 0.15) is 36.8 Å². The summed E-state index contributed by atoms with van der Waals surface area (Å²) >= 11 is 0. The zero-order chi connectivity index (χ0) is 41.3. The molecule has 2 unspecified atom stereocenters. The summed E-state index contributed by atoms with van der Waals surface area (Å²) in [5.41, 5.74) is 0. The van der Waals surface area contributed by atoms with Crippen LogP contribution in [0.3, 0.4) is 0 Å². The molecule has 0 amide bonds. The lowest BCUT2D eigenvalue weighted by molar-refractivity contribution is -0.297. The summed E-state index contributed by atoms with van der Waals surface area (Å²) in [6, 6.07) is 0. The van der Waals surface area contributed by atoms with Crippen molar-refractivity contribution in [1.82, 2.24) is 0 Å². The van der Waals surface area contributed by atoms with Gasteiger partial charge < -0.3 is 34.3 Å². The highest BCUT2D eigenvalue weighted by Crippen LogP contribution is 2.24. The second kappa shape index (κ2) is 33.8. The first-order chi connectivity index (χ1) is 27.0. The molecule has 0 aromatic rings. The summed E-state index contributed by atoms with van der Waals surface area (Å²) in [5.74, 6) is -2.27. The van der Waals surface area contributed by atoms with Gasteiger partial charge in [-0.3, -0.25) is 9.35 Å². The molecule has 12 nitrogen and oxygen atoms in total. The Morgan fingerprint density at radius 3 is 1.68 bits per heavy atom. The number of carbonyl (C=O) groups is 2. The highest BCUT2D eigenvalue weighted by molar-refractivity contribution is 7.85. The van der Waals surface area contributed by atoms with Crippen molar-refractivity contribution in [2.24, 2.45) is 0 Å². The average molecular weight is 817 g/mol. The van der Waals surface area contributed by atoms with Gasteiger partial charge in [-0.25, -0.2) is 4.79 Å². The minimum absolute atomic E-state index is 0.125. The Balaban J connectivity index is 2.54. The lowest BCUT2D eigenvalue weighted by Gasteiger charge is -2.40. The molecule has 326 valence electrons. The van der Waals surface area contributed by atoms with Crippen LogP contribution in [0.15, 0.2) is 36.5 Å². The molecule has 1 aliphatic rings. The molecule has 56 heavy (non-hydrogen) atoms. The van der Waals surface area contributed by atoms with Gasteiger partial charge in [-0.15, -0.1) is 0 Å². The Morgan fingerprint density at radius 2 is 1.14 bits per heavy atom. The highest BCUT2D eigenvalue weighted by Gasteiger charge is 2.46. The van der Waals surface area contributed by atoms with Crippen molar-refractivity contribution in [2.75, 3.05) is 19.0 Å². The summed E-state index contributed by atoms with van der Waals surface area (Å²) in [5, 5.41) is 30.8. The number of rotatable bonds is 35. The van der Waals surface area contributed by atoms with Crippen molar-refractivity contribution in [3.8, 4) is 0 Å². The second-order valence-electron chi connectivity index (χ2n) is 15.1. The van der Waals surface area contributed by atoms with Crippen LogP contribution in [0.2, 0.25) is 0 Å². The Labute approximate surface area is 338 Å². The molecule has 1 aliphatic heterocycles. The van der Waals surface area contributed by atoms with E-state index in [9.17, 15) is 37.9 Å². The summed E-state index contributed by atoms with van der Waals surface area (Å²) in [6.07, 6.45) is 28.3. The zero-order valence-corrected chi connectivity index (χ0v) is 35.3. The Hall–Kier alpha value is -2.13. The predicted molar refractivity (Wildman–Crippen MR) is 219 cm³/mol. The number of esters is 2. The van der Waals surface area contributed by atoms with Gasteiger partial charge in [0.25, 0.3) is 10.1 Å². The number of aliphatic hydroxyl groups excluding tert-OH is 3. The number of hydrogen-bond donors (Lipinski definition) is 4. The molecule has 6 atom stereocenters. The van der Waals surface area contributed by atoms with E-state index in [2.05, 4.69) is 26.0 Å². The van der Waals surface area contributed by atoms with Gasteiger partial charge in [0.05, 0.1) is 6.61 Å². The van der Waals surface area contributed by atoms with Crippen LogP contribution in [0.4, 0.5) is 0 Å². The zero-order valence-electron chi connectivity index (χ0n) is 34.5. The van der Waals surface area contributed by atoms with Gasteiger partial charge in [-0.05, 0) is 44.9 Å². The third-order valence-corrected chi connectivity index (χ3v) is 10.5. The molecule has 1 rings (SSSR count). The van der Waals surface area contributed by atoms with E-state index in [1.165, 1.54) is 109 Å². The van der Waals surface area contributed by atoms with Crippen molar-refractivity contribution < 1.29 is 56.8 Å².